The van der Waals surface area contributed by atoms with E-state index in [9.17, 15) is 9.18 Å². The van der Waals surface area contributed by atoms with Crippen molar-refractivity contribution in [3.8, 4) is 0 Å². The zero-order valence-electron chi connectivity index (χ0n) is 19.2. The molecule has 1 amide bonds. The highest BCUT2D eigenvalue weighted by atomic mass is 19.1. The maximum atomic E-state index is 14.9. The molecule has 0 unspecified atom stereocenters. The molecule has 9 heteroatoms. The highest BCUT2D eigenvalue weighted by Gasteiger charge is 2.24. The van der Waals surface area contributed by atoms with Gasteiger partial charge in [0.2, 0.25) is 0 Å². The minimum absolute atomic E-state index is 0.0327. The monoisotopic (exact) mass is 473 g/mol. The molecule has 1 aliphatic carbocycles. The third-order valence-electron chi connectivity index (χ3n) is 6.50. The number of nitrogens with one attached hydrogen (secondary N) is 2. The fourth-order valence-corrected chi connectivity index (χ4v) is 4.61. The topological polar surface area (TPSA) is 124 Å². The van der Waals surface area contributed by atoms with Crippen LogP contribution in [-0.2, 0) is 6.54 Å². The minimum atomic E-state index is -0.772. The van der Waals surface area contributed by atoms with Gasteiger partial charge in [0.25, 0.3) is 5.91 Å². The van der Waals surface area contributed by atoms with Crippen LogP contribution in [0.2, 0.25) is 0 Å². The number of benzene rings is 2. The largest absolute Gasteiger partial charge is 0.365 e. The Morgan fingerprint density at radius 1 is 1.09 bits per heavy atom. The van der Waals surface area contributed by atoms with Gasteiger partial charge in [0.1, 0.15) is 5.82 Å². The molecule has 0 bridgehead atoms. The summed E-state index contributed by atoms with van der Waals surface area (Å²) in [5, 5.41) is 11.7. The van der Waals surface area contributed by atoms with Crippen molar-refractivity contribution in [1.29, 1.82) is 0 Å². The smallest absolute Gasteiger partial charge is 0.252 e. The van der Waals surface area contributed by atoms with Gasteiger partial charge in [-0.25, -0.2) is 9.37 Å². The Morgan fingerprint density at radius 2 is 1.89 bits per heavy atom. The third kappa shape index (κ3) is 4.81. The van der Waals surface area contributed by atoms with Gasteiger partial charge < -0.3 is 22.1 Å². The molecule has 2 heterocycles. The minimum Gasteiger partial charge on any atom is -0.365 e. The van der Waals surface area contributed by atoms with E-state index in [4.69, 9.17) is 11.5 Å². The van der Waals surface area contributed by atoms with Crippen molar-refractivity contribution in [3.05, 3.63) is 77.7 Å². The molecular weight excluding hydrogens is 445 g/mol. The lowest BCUT2D eigenvalue weighted by atomic mass is 9.91. The number of carbonyl (C=O) groups excluding carboxylic acids is 1. The van der Waals surface area contributed by atoms with E-state index in [2.05, 4.69) is 20.7 Å². The summed E-state index contributed by atoms with van der Waals surface area (Å²) in [6.07, 6.45) is 5.55. The van der Waals surface area contributed by atoms with Crippen LogP contribution in [0, 0.1) is 5.82 Å². The predicted octanol–water partition coefficient (Wildman–Crippen LogP) is 4.14. The summed E-state index contributed by atoms with van der Waals surface area (Å²) in [6, 6.07) is 16.7. The summed E-state index contributed by atoms with van der Waals surface area (Å²) < 4.78 is 16.8. The molecular formula is C26H28FN7O. The van der Waals surface area contributed by atoms with Crippen LogP contribution in [0.4, 0.5) is 21.7 Å². The fourth-order valence-electron chi connectivity index (χ4n) is 4.61. The summed E-state index contributed by atoms with van der Waals surface area (Å²) >= 11 is 0. The lowest BCUT2D eigenvalue weighted by molar-refractivity contribution is 0.100. The second kappa shape index (κ2) is 9.71. The van der Waals surface area contributed by atoms with Crippen LogP contribution in [0.3, 0.4) is 0 Å². The quantitative estimate of drug-likeness (QED) is 0.320. The number of halogens is 1. The van der Waals surface area contributed by atoms with E-state index >= 15 is 0 Å². The molecule has 6 N–H and O–H groups in total. The number of nitrogens with two attached hydrogens (primary N) is 2. The van der Waals surface area contributed by atoms with Crippen molar-refractivity contribution in [1.82, 2.24) is 14.8 Å². The third-order valence-corrected chi connectivity index (χ3v) is 6.50. The first kappa shape index (κ1) is 22.8. The lowest BCUT2D eigenvalue weighted by Crippen LogP contribution is -2.43. The highest BCUT2D eigenvalue weighted by molar-refractivity contribution is 6.00. The van der Waals surface area contributed by atoms with Crippen LogP contribution in [0.5, 0.6) is 0 Å². The van der Waals surface area contributed by atoms with Crippen LogP contribution >= 0.6 is 0 Å². The number of pyridine rings is 1. The Kier molecular flexibility index (Phi) is 6.33. The van der Waals surface area contributed by atoms with E-state index in [0.717, 1.165) is 48.2 Å². The lowest BCUT2D eigenvalue weighted by Gasteiger charge is -2.30. The number of carbonyl (C=O) groups is 1. The zero-order chi connectivity index (χ0) is 24.4. The van der Waals surface area contributed by atoms with Crippen molar-refractivity contribution in [2.45, 2.75) is 44.3 Å². The van der Waals surface area contributed by atoms with Gasteiger partial charge in [-0.05, 0) is 36.6 Å². The standard InChI is InChI=1S/C26H28FN7O/c27-19-13-17(24(29)35)25(33-26(19)32-22-10-5-4-9-20(22)28)31-21-11-6-12-23-18(21)14-30-34(23)15-16-7-2-1-3-8-16/h1-3,6-8,11-14,20,22H,4-5,9-10,15,28H2,(H2,29,35)(H2,31,32,33)/t20-,22+/m0/s1. The summed E-state index contributed by atoms with van der Waals surface area (Å²) in [4.78, 5) is 16.5. The number of rotatable bonds is 7. The molecule has 4 aromatic rings. The van der Waals surface area contributed by atoms with Crippen molar-refractivity contribution in [2.24, 2.45) is 11.5 Å². The number of hydrogen-bond donors (Lipinski definition) is 4. The van der Waals surface area contributed by atoms with E-state index in [0.29, 0.717) is 12.2 Å². The van der Waals surface area contributed by atoms with Gasteiger partial charge in [0.15, 0.2) is 11.6 Å². The molecule has 1 aliphatic rings. The molecule has 2 aromatic carbocycles. The SMILES string of the molecule is NC(=O)c1cc(F)c(N[C@@H]2CCCC[C@@H]2N)nc1Nc1cccc2c1cnn2Cc1ccccc1. The van der Waals surface area contributed by atoms with Gasteiger partial charge in [0, 0.05) is 17.5 Å². The average molecular weight is 474 g/mol. The normalized spacial score (nSPS) is 17.9. The molecule has 2 atom stereocenters. The van der Waals surface area contributed by atoms with Gasteiger partial charge >= 0.3 is 0 Å². The Labute approximate surface area is 202 Å². The second-order valence-electron chi connectivity index (χ2n) is 8.93. The fraction of sp³-hybridized carbons (Fsp3) is 0.269. The molecule has 0 radical (unpaired) electrons. The molecule has 180 valence electrons. The number of fused-ring (bicyclic) bond motifs is 1. The first-order chi connectivity index (χ1) is 17.0. The Hall–Kier alpha value is -3.98. The summed E-state index contributed by atoms with van der Waals surface area (Å²) in [7, 11) is 0. The van der Waals surface area contributed by atoms with Crippen LogP contribution < -0.4 is 22.1 Å². The van der Waals surface area contributed by atoms with E-state index in [1.54, 1.807) is 6.20 Å². The maximum Gasteiger partial charge on any atom is 0.252 e. The van der Waals surface area contributed by atoms with Crippen molar-refractivity contribution in [3.63, 3.8) is 0 Å². The number of primary amides is 1. The van der Waals surface area contributed by atoms with Crippen LogP contribution in [0.15, 0.2) is 60.8 Å². The van der Waals surface area contributed by atoms with Gasteiger partial charge in [-0.1, -0.05) is 49.2 Å². The van der Waals surface area contributed by atoms with Crippen molar-refractivity contribution < 1.29 is 9.18 Å². The van der Waals surface area contributed by atoms with Gasteiger partial charge in [-0.3, -0.25) is 9.48 Å². The van der Waals surface area contributed by atoms with Gasteiger partial charge in [0.05, 0.1) is 29.5 Å². The van der Waals surface area contributed by atoms with E-state index < -0.39 is 11.7 Å². The number of nitrogens with zero attached hydrogens (tertiary/aromatic N) is 3. The van der Waals surface area contributed by atoms with Crippen molar-refractivity contribution >= 4 is 34.1 Å². The Balaban J connectivity index is 1.47. The summed E-state index contributed by atoms with van der Waals surface area (Å²) in [5.74, 6) is -1.19. The summed E-state index contributed by atoms with van der Waals surface area (Å²) in [5.41, 5.74) is 14.5. The molecule has 0 aliphatic heterocycles. The second-order valence-corrected chi connectivity index (χ2v) is 8.93. The first-order valence-corrected chi connectivity index (χ1v) is 11.8. The predicted molar refractivity (Wildman–Crippen MR) is 135 cm³/mol. The molecule has 1 fully saturated rings. The van der Waals surface area contributed by atoms with Gasteiger partial charge in [-0.15, -0.1) is 0 Å². The number of amides is 1. The molecule has 35 heavy (non-hydrogen) atoms. The molecule has 0 saturated heterocycles. The van der Waals surface area contributed by atoms with Gasteiger partial charge in [-0.2, -0.15) is 5.10 Å². The van der Waals surface area contributed by atoms with Crippen molar-refractivity contribution in [2.75, 3.05) is 10.6 Å². The first-order valence-electron chi connectivity index (χ1n) is 11.8. The summed E-state index contributed by atoms with van der Waals surface area (Å²) in [6.45, 7) is 0.616. The molecule has 1 saturated carbocycles. The number of anilines is 3. The Morgan fingerprint density at radius 3 is 2.66 bits per heavy atom. The number of hydrogen-bond acceptors (Lipinski definition) is 6. The molecule has 0 spiro atoms. The van der Waals surface area contributed by atoms with E-state index in [-0.39, 0.29) is 29.3 Å². The molecule has 8 nitrogen and oxygen atoms in total. The zero-order valence-corrected chi connectivity index (χ0v) is 19.2. The molecule has 2 aromatic heterocycles. The number of aromatic nitrogens is 3. The van der Waals surface area contributed by atoms with E-state index in [1.165, 1.54) is 0 Å². The van der Waals surface area contributed by atoms with Crippen LogP contribution in [-0.4, -0.2) is 32.8 Å². The van der Waals surface area contributed by atoms with E-state index in [1.807, 2.05) is 53.2 Å². The van der Waals surface area contributed by atoms with Crippen LogP contribution in [0.25, 0.3) is 10.9 Å². The maximum absolute atomic E-state index is 14.9. The average Bonchev–Trinajstić information content (AvgIpc) is 3.26. The Bertz CT molecular complexity index is 1350. The molecule has 5 rings (SSSR count). The van der Waals surface area contributed by atoms with Crippen LogP contribution in [0.1, 0.15) is 41.6 Å². The highest BCUT2D eigenvalue weighted by Crippen LogP contribution is 2.30.